The van der Waals surface area contributed by atoms with Gasteiger partial charge in [0.15, 0.2) is 5.78 Å². The van der Waals surface area contributed by atoms with Crippen LogP contribution in [0.15, 0.2) is 18.2 Å². The molecule has 0 spiro atoms. The summed E-state index contributed by atoms with van der Waals surface area (Å²) in [6, 6.07) is 5.26. The zero-order valence-electron chi connectivity index (χ0n) is 9.39. The SMILES string of the molecule is CCNC(C)CC(=O)c1cccc(Cl)c1Cl. The average Bonchev–Trinajstić information content (AvgIpc) is 2.22. The molecule has 0 saturated carbocycles. The van der Waals surface area contributed by atoms with E-state index in [2.05, 4.69) is 5.32 Å². The van der Waals surface area contributed by atoms with Gasteiger partial charge in [0.25, 0.3) is 0 Å². The smallest absolute Gasteiger partial charge is 0.165 e. The molecule has 1 aromatic carbocycles. The lowest BCUT2D eigenvalue weighted by atomic mass is 10.0. The maximum absolute atomic E-state index is 11.9. The zero-order chi connectivity index (χ0) is 12.1. The van der Waals surface area contributed by atoms with Gasteiger partial charge in [0.2, 0.25) is 0 Å². The summed E-state index contributed by atoms with van der Waals surface area (Å²) < 4.78 is 0. The number of hydrogen-bond acceptors (Lipinski definition) is 2. The third-order valence-electron chi connectivity index (χ3n) is 2.30. The Morgan fingerprint density at radius 3 is 2.75 bits per heavy atom. The van der Waals surface area contributed by atoms with E-state index in [-0.39, 0.29) is 11.8 Å². The number of Topliss-reactive ketones (excluding diaryl/α,β-unsaturated/α-hetero) is 1. The van der Waals surface area contributed by atoms with Crippen LogP contribution in [0.25, 0.3) is 0 Å². The highest BCUT2D eigenvalue weighted by molar-refractivity contribution is 6.43. The number of rotatable bonds is 5. The lowest BCUT2D eigenvalue weighted by molar-refractivity contribution is 0.0972. The second-order valence-electron chi connectivity index (χ2n) is 3.69. The molecular weight excluding hydrogens is 245 g/mol. The topological polar surface area (TPSA) is 29.1 Å². The van der Waals surface area contributed by atoms with Crippen molar-refractivity contribution in [2.45, 2.75) is 26.3 Å². The normalized spacial score (nSPS) is 12.5. The van der Waals surface area contributed by atoms with E-state index in [9.17, 15) is 4.79 Å². The highest BCUT2D eigenvalue weighted by Gasteiger charge is 2.14. The Morgan fingerprint density at radius 1 is 1.44 bits per heavy atom. The van der Waals surface area contributed by atoms with Crippen LogP contribution in [0.2, 0.25) is 10.0 Å². The van der Waals surface area contributed by atoms with E-state index < -0.39 is 0 Å². The standard InChI is InChI=1S/C12H15Cl2NO/c1-3-15-8(2)7-11(16)9-5-4-6-10(13)12(9)14/h4-6,8,15H,3,7H2,1-2H3. The molecule has 0 amide bonds. The molecule has 0 aliphatic carbocycles. The molecule has 0 aromatic heterocycles. The van der Waals surface area contributed by atoms with E-state index in [4.69, 9.17) is 23.2 Å². The fourth-order valence-electron chi connectivity index (χ4n) is 1.53. The van der Waals surface area contributed by atoms with Crippen molar-refractivity contribution in [1.82, 2.24) is 5.32 Å². The van der Waals surface area contributed by atoms with Gasteiger partial charge in [0, 0.05) is 18.0 Å². The van der Waals surface area contributed by atoms with Crippen molar-refractivity contribution in [2.75, 3.05) is 6.54 Å². The molecule has 88 valence electrons. The Labute approximate surface area is 106 Å². The zero-order valence-corrected chi connectivity index (χ0v) is 10.9. The van der Waals surface area contributed by atoms with Crippen LogP contribution in [0.4, 0.5) is 0 Å². The lowest BCUT2D eigenvalue weighted by Crippen LogP contribution is -2.28. The fourth-order valence-corrected chi connectivity index (χ4v) is 1.93. The first-order valence-electron chi connectivity index (χ1n) is 5.26. The van der Waals surface area contributed by atoms with E-state index >= 15 is 0 Å². The van der Waals surface area contributed by atoms with Crippen LogP contribution < -0.4 is 5.32 Å². The van der Waals surface area contributed by atoms with Gasteiger partial charge in [-0.1, -0.05) is 36.2 Å². The quantitative estimate of drug-likeness (QED) is 0.820. The van der Waals surface area contributed by atoms with E-state index in [0.29, 0.717) is 22.0 Å². The van der Waals surface area contributed by atoms with Crippen LogP contribution in [0.1, 0.15) is 30.6 Å². The van der Waals surface area contributed by atoms with Crippen LogP contribution in [0.3, 0.4) is 0 Å². The Balaban J connectivity index is 2.77. The number of ketones is 1. The second kappa shape index (κ2) is 6.24. The number of halogens is 2. The van der Waals surface area contributed by atoms with Crippen LogP contribution in [0, 0.1) is 0 Å². The Hall–Kier alpha value is -0.570. The maximum atomic E-state index is 11.9. The molecule has 0 aliphatic heterocycles. The first kappa shape index (κ1) is 13.5. The molecular formula is C12H15Cl2NO. The van der Waals surface area contributed by atoms with Crippen molar-refractivity contribution in [1.29, 1.82) is 0 Å². The summed E-state index contributed by atoms with van der Waals surface area (Å²) >= 11 is 11.8. The largest absolute Gasteiger partial charge is 0.314 e. The molecule has 0 radical (unpaired) electrons. The molecule has 0 heterocycles. The van der Waals surface area contributed by atoms with Crippen molar-refractivity contribution in [3.8, 4) is 0 Å². The van der Waals surface area contributed by atoms with Gasteiger partial charge < -0.3 is 5.32 Å². The molecule has 1 N–H and O–H groups in total. The van der Waals surface area contributed by atoms with Crippen LogP contribution >= 0.6 is 23.2 Å². The van der Waals surface area contributed by atoms with Gasteiger partial charge in [-0.2, -0.15) is 0 Å². The Morgan fingerprint density at radius 2 is 2.12 bits per heavy atom. The first-order chi connectivity index (χ1) is 7.56. The van der Waals surface area contributed by atoms with Crippen molar-refractivity contribution in [3.63, 3.8) is 0 Å². The third kappa shape index (κ3) is 3.48. The number of benzene rings is 1. The average molecular weight is 260 g/mol. The molecule has 1 aromatic rings. The lowest BCUT2D eigenvalue weighted by Gasteiger charge is -2.12. The summed E-state index contributed by atoms with van der Waals surface area (Å²) in [5, 5.41) is 3.95. The van der Waals surface area contributed by atoms with Crippen molar-refractivity contribution >= 4 is 29.0 Å². The first-order valence-corrected chi connectivity index (χ1v) is 6.02. The molecule has 0 bridgehead atoms. The minimum atomic E-state index is 0.0148. The van der Waals surface area contributed by atoms with Crippen LogP contribution in [-0.2, 0) is 0 Å². The molecule has 0 aliphatic rings. The maximum Gasteiger partial charge on any atom is 0.165 e. The highest BCUT2D eigenvalue weighted by atomic mass is 35.5. The minimum absolute atomic E-state index is 0.0148. The summed E-state index contributed by atoms with van der Waals surface area (Å²) in [6.07, 6.45) is 0.425. The molecule has 0 saturated heterocycles. The Kier molecular flexibility index (Phi) is 5.26. The van der Waals surface area contributed by atoms with Crippen molar-refractivity contribution in [2.24, 2.45) is 0 Å². The van der Waals surface area contributed by atoms with Crippen molar-refractivity contribution in [3.05, 3.63) is 33.8 Å². The molecule has 1 rings (SSSR count). The monoisotopic (exact) mass is 259 g/mol. The number of carbonyl (C=O) groups is 1. The third-order valence-corrected chi connectivity index (χ3v) is 3.12. The van der Waals surface area contributed by atoms with E-state index in [1.807, 2.05) is 13.8 Å². The fraction of sp³-hybridized carbons (Fsp3) is 0.417. The summed E-state index contributed by atoms with van der Waals surface area (Å²) in [4.78, 5) is 11.9. The van der Waals surface area contributed by atoms with Gasteiger partial charge in [-0.05, 0) is 25.6 Å². The predicted molar refractivity (Wildman–Crippen MR) is 68.5 cm³/mol. The molecule has 16 heavy (non-hydrogen) atoms. The van der Waals surface area contributed by atoms with Gasteiger partial charge in [-0.25, -0.2) is 0 Å². The molecule has 4 heteroatoms. The summed E-state index contributed by atoms with van der Waals surface area (Å²) in [5.41, 5.74) is 0.499. The van der Waals surface area contributed by atoms with E-state index in [0.717, 1.165) is 6.54 Å². The van der Waals surface area contributed by atoms with E-state index in [1.54, 1.807) is 18.2 Å². The minimum Gasteiger partial charge on any atom is -0.314 e. The van der Waals surface area contributed by atoms with Gasteiger partial charge in [-0.15, -0.1) is 0 Å². The van der Waals surface area contributed by atoms with Gasteiger partial charge in [0.05, 0.1) is 10.0 Å². The number of nitrogens with one attached hydrogen (secondary N) is 1. The van der Waals surface area contributed by atoms with Gasteiger partial charge in [-0.3, -0.25) is 4.79 Å². The molecule has 2 nitrogen and oxygen atoms in total. The summed E-state index contributed by atoms with van der Waals surface area (Å²) in [7, 11) is 0. The Bertz CT molecular complexity index is 379. The number of hydrogen-bond donors (Lipinski definition) is 1. The van der Waals surface area contributed by atoms with Gasteiger partial charge in [0.1, 0.15) is 0 Å². The second-order valence-corrected chi connectivity index (χ2v) is 4.47. The molecule has 1 unspecified atom stereocenters. The summed E-state index contributed by atoms with van der Waals surface area (Å²) in [5.74, 6) is 0.0148. The van der Waals surface area contributed by atoms with Crippen LogP contribution in [-0.4, -0.2) is 18.4 Å². The van der Waals surface area contributed by atoms with Crippen LogP contribution in [0.5, 0.6) is 0 Å². The van der Waals surface area contributed by atoms with E-state index in [1.165, 1.54) is 0 Å². The number of carbonyl (C=O) groups excluding carboxylic acids is 1. The summed E-state index contributed by atoms with van der Waals surface area (Å²) in [6.45, 7) is 4.82. The molecule has 0 fully saturated rings. The van der Waals surface area contributed by atoms with Gasteiger partial charge >= 0.3 is 0 Å². The highest BCUT2D eigenvalue weighted by Crippen LogP contribution is 2.26. The van der Waals surface area contributed by atoms with Crippen molar-refractivity contribution < 1.29 is 4.79 Å². The molecule has 1 atom stereocenters. The predicted octanol–water partition coefficient (Wildman–Crippen LogP) is 3.56.